The van der Waals surface area contributed by atoms with Crippen LogP contribution in [0.15, 0.2) is 0 Å². The van der Waals surface area contributed by atoms with E-state index < -0.39 is 23.8 Å². The highest BCUT2D eigenvalue weighted by molar-refractivity contribution is 8.14. The van der Waals surface area contributed by atoms with E-state index in [1.165, 1.54) is 4.90 Å². The van der Waals surface area contributed by atoms with Crippen molar-refractivity contribution in [3.8, 4) is 0 Å². The number of likely N-dealkylation sites (tertiary alicyclic amines) is 1. The van der Waals surface area contributed by atoms with Crippen molar-refractivity contribution in [3.05, 3.63) is 0 Å². The second-order valence-electron chi connectivity index (χ2n) is 6.17. The predicted molar refractivity (Wildman–Crippen MR) is 76.9 cm³/mol. The third-order valence-electron chi connectivity index (χ3n) is 3.31. The summed E-state index contributed by atoms with van der Waals surface area (Å²) in [5, 5.41) is 9.70. The Balaban J connectivity index is 2.07. The molecule has 0 aromatic rings. The van der Waals surface area contributed by atoms with Crippen LogP contribution in [0.4, 0.5) is 9.59 Å². The van der Waals surface area contributed by atoms with Crippen LogP contribution in [0.1, 0.15) is 27.2 Å². The Morgan fingerprint density at radius 3 is 2.57 bits per heavy atom. The van der Waals surface area contributed by atoms with Crippen LogP contribution in [0.2, 0.25) is 0 Å². The van der Waals surface area contributed by atoms with Gasteiger partial charge in [-0.1, -0.05) is 11.8 Å². The maximum absolute atomic E-state index is 12.1. The Hall–Kier alpha value is -1.28. The summed E-state index contributed by atoms with van der Waals surface area (Å²) in [5.74, 6) is -0.228. The molecule has 2 saturated heterocycles. The summed E-state index contributed by atoms with van der Waals surface area (Å²) in [7, 11) is 0. The average molecular weight is 316 g/mol. The van der Waals surface area contributed by atoms with Gasteiger partial charge in [0.25, 0.3) is 5.24 Å². The number of hydrogen-bond donors (Lipinski definition) is 1. The highest BCUT2D eigenvalue weighted by atomic mass is 32.2. The molecule has 0 unspecified atom stereocenters. The lowest BCUT2D eigenvalue weighted by Gasteiger charge is -2.39. The van der Waals surface area contributed by atoms with Crippen molar-refractivity contribution in [1.82, 2.24) is 9.80 Å². The van der Waals surface area contributed by atoms with Crippen molar-refractivity contribution in [2.75, 3.05) is 18.8 Å². The molecular formula is C13H20N2O5S. The van der Waals surface area contributed by atoms with E-state index in [1.54, 1.807) is 20.8 Å². The van der Waals surface area contributed by atoms with Crippen LogP contribution in [0.3, 0.4) is 0 Å². The first kappa shape index (κ1) is 16.1. The Kier molecular flexibility index (Phi) is 4.48. The van der Waals surface area contributed by atoms with Crippen LogP contribution in [0.5, 0.6) is 0 Å². The Labute approximate surface area is 127 Å². The monoisotopic (exact) mass is 316 g/mol. The van der Waals surface area contributed by atoms with Crippen molar-refractivity contribution in [2.24, 2.45) is 0 Å². The lowest BCUT2D eigenvalue weighted by molar-refractivity contribution is -0.129. The van der Waals surface area contributed by atoms with Crippen molar-refractivity contribution in [3.63, 3.8) is 0 Å². The van der Waals surface area contributed by atoms with E-state index in [0.717, 1.165) is 16.7 Å². The number of nitrogens with zero attached hydrogens (tertiary/aromatic N) is 2. The minimum atomic E-state index is -0.810. The van der Waals surface area contributed by atoms with E-state index in [2.05, 4.69) is 0 Å². The maximum atomic E-state index is 12.1. The summed E-state index contributed by atoms with van der Waals surface area (Å²) in [6, 6.07) is -0.693. The Morgan fingerprint density at radius 1 is 1.38 bits per heavy atom. The van der Waals surface area contributed by atoms with Crippen LogP contribution < -0.4 is 0 Å². The fourth-order valence-electron chi connectivity index (χ4n) is 2.35. The fourth-order valence-corrected chi connectivity index (χ4v) is 3.11. The van der Waals surface area contributed by atoms with Gasteiger partial charge in [0.05, 0.1) is 17.9 Å². The van der Waals surface area contributed by atoms with Crippen LogP contribution in [-0.2, 0) is 9.53 Å². The second kappa shape index (κ2) is 5.84. The summed E-state index contributed by atoms with van der Waals surface area (Å²) < 4.78 is 5.29. The number of imide groups is 1. The molecule has 0 aliphatic carbocycles. The molecule has 0 bridgehead atoms. The minimum Gasteiger partial charge on any atom is -0.444 e. The molecule has 0 radical (unpaired) electrons. The van der Waals surface area contributed by atoms with E-state index >= 15 is 0 Å². The molecule has 2 aliphatic rings. The lowest BCUT2D eigenvalue weighted by atomic mass is 10.0. The lowest BCUT2D eigenvalue weighted by Crippen LogP contribution is -2.58. The van der Waals surface area contributed by atoms with Crippen molar-refractivity contribution in [1.29, 1.82) is 0 Å². The van der Waals surface area contributed by atoms with Crippen molar-refractivity contribution < 1.29 is 24.2 Å². The van der Waals surface area contributed by atoms with Crippen molar-refractivity contribution in [2.45, 2.75) is 44.9 Å². The number of carbonyl (C=O) groups excluding carboxylic acids is 3. The Bertz CT molecular complexity index is 446. The summed E-state index contributed by atoms with van der Waals surface area (Å²) in [5.41, 5.74) is -0.613. The number of thioether (sulfide) groups is 1. The molecule has 3 amide bonds. The molecule has 118 valence electrons. The van der Waals surface area contributed by atoms with Crippen LogP contribution in [0.25, 0.3) is 0 Å². The minimum absolute atomic E-state index is 0.0918. The predicted octanol–water partition coefficient (Wildman–Crippen LogP) is 1.05. The van der Waals surface area contributed by atoms with E-state index in [0.29, 0.717) is 13.0 Å². The average Bonchev–Trinajstić information content (AvgIpc) is 2.68. The quantitative estimate of drug-likeness (QED) is 0.778. The van der Waals surface area contributed by atoms with Gasteiger partial charge in [-0.2, -0.15) is 0 Å². The molecule has 0 aromatic carbocycles. The molecule has 21 heavy (non-hydrogen) atoms. The molecule has 0 aromatic heterocycles. The normalized spacial score (nSPS) is 27.2. The highest BCUT2D eigenvalue weighted by Crippen LogP contribution is 2.27. The molecule has 8 heteroatoms. The zero-order chi connectivity index (χ0) is 15.8. The molecule has 2 rings (SSSR count). The van der Waals surface area contributed by atoms with Gasteiger partial charge in [-0.3, -0.25) is 14.5 Å². The standard InChI is InChI=1S/C13H20N2O5S/c1-13(2,3)20-11(18)14-5-4-9(16)8(6-14)15-10(17)7-21-12(15)19/h8-9,16H,4-7H2,1-3H3/t8-,9-/m0/s1. The van der Waals surface area contributed by atoms with E-state index in [9.17, 15) is 19.5 Å². The van der Waals surface area contributed by atoms with Gasteiger partial charge in [0.15, 0.2) is 0 Å². The third-order valence-corrected chi connectivity index (χ3v) is 4.15. The number of carbonyl (C=O) groups is 3. The topological polar surface area (TPSA) is 87.2 Å². The maximum Gasteiger partial charge on any atom is 0.410 e. The molecule has 0 saturated carbocycles. The zero-order valence-electron chi connectivity index (χ0n) is 12.4. The summed E-state index contributed by atoms with van der Waals surface area (Å²) >= 11 is 0.920. The number of amides is 3. The number of hydrogen-bond acceptors (Lipinski definition) is 6. The van der Waals surface area contributed by atoms with Crippen LogP contribution in [-0.4, -0.2) is 68.7 Å². The number of piperidine rings is 1. The molecule has 0 spiro atoms. The third kappa shape index (κ3) is 3.68. The molecule has 7 nitrogen and oxygen atoms in total. The van der Waals surface area contributed by atoms with Gasteiger partial charge in [0, 0.05) is 13.1 Å². The van der Waals surface area contributed by atoms with E-state index in [-0.39, 0.29) is 23.4 Å². The van der Waals surface area contributed by atoms with Crippen molar-refractivity contribution >= 4 is 29.0 Å². The number of aliphatic hydroxyl groups excluding tert-OH is 1. The second-order valence-corrected chi connectivity index (χ2v) is 7.09. The van der Waals surface area contributed by atoms with Gasteiger partial charge in [-0.25, -0.2) is 4.79 Å². The Morgan fingerprint density at radius 2 is 2.05 bits per heavy atom. The number of aliphatic hydroxyl groups is 1. The smallest absolute Gasteiger partial charge is 0.410 e. The van der Waals surface area contributed by atoms with Gasteiger partial charge < -0.3 is 14.7 Å². The summed E-state index contributed by atoms with van der Waals surface area (Å²) in [6.07, 6.45) is -0.993. The molecule has 2 aliphatic heterocycles. The van der Waals surface area contributed by atoms with Gasteiger partial charge in [0.1, 0.15) is 5.60 Å². The molecule has 2 heterocycles. The highest BCUT2D eigenvalue weighted by Gasteiger charge is 2.43. The van der Waals surface area contributed by atoms with Gasteiger partial charge in [0.2, 0.25) is 5.91 Å². The summed E-state index contributed by atoms with van der Waals surface area (Å²) in [4.78, 5) is 38.1. The van der Waals surface area contributed by atoms with E-state index in [1.807, 2.05) is 0 Å². The van der Waals surface area contributed by atoms with E-state index in [4.69, 9.17) is 4.74 Å². The number of rotatable bonds is 1. The molecular weight excluding hydrogens is 296 g/mol. The first-order valence-corrected chi connectivity index (χ1v) is 7.82. The van der Waals surface area contributed by atoms with Crippen LogP contribution >= 0.6 is 11.8 Å². The SMILES string of the molecule is CC(C)(C)OC(=O)N1CC[C@H](O)[C@@H](N2C(=O)CSC2=O)C1. The number of ether oxygens (including phenoxy) is 1. The molecule has 2 atom stereocenters. The zero-order valence-corrected chi connectivity index (χ0v) is 13.2. The largest absolute Gasteiger partial charge is 0.444 e. The first-order chi connectivity index (χ1) is 9.69. The first-order valence-electron chi connectivity index (χ1n) is 6.84. The molecule has 1 N–H and O–H groups in total. The van der Waals surface area contributed by atoms with Gasteiger partial charge in [-0.15, -0.1) is 0 Å². The van der Waals surface area contributed by atoms with Gasteiger partial charge >= 0.3 is 6.09 Å². The summed E-state index contributed by atoms with van der Waals surface area (Å²) in [6.45, 7) is 5.76. The van der Waals surface area contributed by atoms with Gasteiger partial charge in [-0.05, 0) is 27.2 Å². The van der Waals surface area contributed by atoms with Crippen LogP contribution in [0, 0.1) is 0 Å². The fraction of sp³-hybridized carbons (Fsp3) is 0.769. The molecule has 2 fully saturated rings.